The minimum Gasteiger partial charge on any atom is -0.356 e. The quantitative estimate of drug-likeness (QED) is 0.100. The molecule has 0 aromatic heterocycles. The van der Waals surface area contributed by atoms with Gasteiger partial charge in [-0.2, -0.15) is 11.8 Å². The van der Waals surface area contributed by atoms with E-state index in [4.69, 9.17) is 0 Å². The topological polar surface area (TPSA) is 166 Å². The van der Waals surface area contributed by atoms with Crippen molar-refractivity contribution >= 4 is 48.7 Å². The smallest absolute Gasteiger partial charge is 0.242 e. The Labute approximate surface area is 198 Å². The summed E-state index contributed by atoms with van der Waals surface area (Å²) in [6, 6.07) is 0. The minimum absolute atomic E-state index is 0.00191. The van der Waals surface area contributed by atoms with Crippen LogP contribution in [0.1, 0.15) is 33.1 Å². The Morgan fingerprint density at radius 2 is 1.55 bits per heavy atom. The Bertz CT molecular complexity index is 741. The van der Waals surface area contributed by atoms with Crippen molar-refractivity contribution in [2.24, 2.45) is 0 Å². The third kappa shape index (κ3) is 11.6. The largest absolute Gasteiger partial charge is 0.356 e. The second-order valence-electron chi connectivity index (χ2n) is 7.51. The van der Waals surface area contributed by atoms with Crippen LogP contribution in [-0.4, -0.2) is 91.4 Å². The summed E-state index contributed by atoms with van der Waals surface area (Å²) < 4.78 is 13.1. The van der Waals surface area contributed by atoms with Gasteiger partial charge >= 0.3 is 0 Å². The minimum atomic E-state index is -3.01. The number of imide groups is 1. The van der Waals surface area contributed by atoms with Crippen LogP contribution in [0.25, 0.3) is 0 Å². The molecule has 12 nitrogen and oxygen atoms in total. The fourth-order valence-electron chi connectivity index (χ4n) is 3.07. The predicted molar refractivity (Wildman–Crippen MR) is 127 cm³/mol. The number of rotatable bonds is 16. The van der Waals surface area contributed by atoms with E-state index < -0.39 is 7.44 Å². The molecule has 0 bridgehead atoms. The van der Waals surface area contributed by atoms with Crippen LogP contribution in [0.5, 0.6) is 0 Å². The van der Waals surface area contributed by atoms with Crippen molar-refractivity contribution in [3.63, 3.8) is 0 Å². The summed E-state index contributed by atoms with van der Waals surface area (Å²) in [5.74, 6) is -1.19. The molecule has 33 heavy (non-hydrogen) atoms. The molecule has 2 atom stereocenters. The van der Waals surface area contributed by atoms with E-state index in [0.29, 0.717) is 26.1 Å². The summed E-state index contributed by atoms with van der Waals surface area (Å²) >= 11 is 1.32. The predicted octanol–water partition coefficient (Wildman–Crippen LogP) is -0.982. The van der Waals surface area contributed by atoms with Crippen LogP contribution in [0.15, 0.2) is 0 Å². The zero-order valence-corrected chi connectivity index (χ0v) is 21.1. The van der Waals surface area contributed by atoms with Gasteiger partial charge in [-0.3, -0.25) is 43.6 Å². The second-order valence-corrected chi connectivity index (χ2v) is 11.1. The number of nitrogens with one attached hydrogen (secondary N) is 5. The van der Waals surface area contributed by atoms with E-state index in [0.717, 1.165) is 4.90 Å². The average Bonchev–Trinajstić information content (AvgIpc) is 3.03. The summed E-state index contributed by atoms with van der Waals surface area (Å²) in [5.41, 5.74) is 0. The number of carbonyl (C=O) groups is 5. The molecule has 0 saturated carbocycles. The van der Waals surface area contributed by atoms with E-state index in [1.807, 2.05) is 0 Å². The molecule has 1 aliphatic heterocycles. The number of amides is 5. The van der Waals surface area contributed by atoms with Crippen LogP contribution in [0.2, 0.25) is 0 Å². The van der Waals surface area contributed by atoms with Gasteiger partial charge in [-0.15, -0.1) is 0 Å². The summed E-state index contributed by atoms with van der Waals surface area (Å²) in [4.78, 5) is 59.1. The van der Waals surface area contributed by atoms with Crippen molar-refractivity contribution in [3.8, 4) is 0 Å². The Balaban J connectivity index is 2.39. The lowest BCUT2D eigenvalue weighted by molar-refractivity contribution is -0.138. The van der Waals surface area contributed by atoms with Crippen molar-refractivity contribution in [1.82, 2.24) is 31.0 Å². The molecule has 1 rings (SSSR count). The standard InChI is InChI=1S/C19H35N6O6PS/c1-14(26)20-6-4-12-32(31,23-9-7-21-15(2)27)24-10-8-22-17(28)5-11-25-18(29)13-16(33-3)19(25)30/h16H,4-13H2,1-3H3,(H,20,26)(H,21,27)(H,22,28)(H2,23,24,31). The molecule has 0 aliphatic carbocycles. The number of nitrogens with zero attached hydrogens (tertiary/aromatic N) is 1. The lowest BCUT2D eigenvalue weighted by Gasteiger charge is -2.21. The molecule has 0 aromatic carbocycles. The van der Waals surface area contributed by atoms with E-state index in [9.17, 15) is 28.5 Å². The van der Waals surface area contributed by atoms with Gasteiger partial charge in [0.15, 0.2) is 0 Å². The number of hydrogen-bond acceptors (Lipinski definition) is 7. The Kier molecular flexibility index (Phi) is 13.3. The Hall–Kier alpha value is -1.95. The van der Waals surface area contributed by atoms with Crippen molar-refractivity contribution in [1.29, 1.82) is 0 Å². The zero-order chi connectivity index (χ0) is 24.9. The fourth-order valence-corrected chi connectivity index (χ4v) is 5.68. The molecule has 188 valence electrons. The molecule has 1 heterocycles. The van der Waals surface area contributed by atoms with Crippen LogP contribution in [-0.2, 0) is 28.5 Å². The Morgan fingerprint density at radius 1 is 0.970 bits per heavy atom. The molecular weight excluding hydrogens is 471 g/mol. The lowest BCUT2D eigenvalue weighted by atomic mass is 10.3. The van der Waals surface area contributed by atoms with Crippen LogP contribution in [0.3, 0.4) is 0 Å². The van der Waals surface area contributed by atoms with Gasteiger partial charge in [-0.05, 0) is 12.7 Å². The first-order chi connectivity index (χ1) is 15.6. The highest BCUT2D eigenvalue weighted by atomic mass is 32.2. The van der Waals surface area contributed by atoms with Gasteiger partial charge in [0.2, 0.25) is 37.0 Å². The van der Waals surface area contributed by atoms with Gasteiger partial charge in [0.25, 0.3) is 0 Å². The van der Waals surface area contributed by atoms with Gasteiger partial charge in [0.05, 0.1) is 5.25 Å². The maximum Gasteiger partial charge on any atom is 0.242 e. The van der Waals surface area contributed by atoms with Gasteiger partial charge in [-0.1, -0.05) is 0 Å². The first kappa shape index (κ1) is 29.1. The summed E-state index contributed by atoms with van der Waals surface area (Å²) in [5, 5.41) is 13.4. The van der Waals surface area contributed by atoms with Gasteiger partial charge in [0, 0.05) is 72.1 Å². The molecule has 0 spiro atoms. The van der Waals surface area contributed by atoms with E-state index in [2.05, 4.69) is 26.1 Å². The summed E-state index contributed by atoms with van der Waals surface area (Å²) in [6.45, 7) is 4.27. The number of likely N-dealkylation sites (tertiary alicyclic amines) is 1. The molecular formula is C19H35N6O6PS. The van der Waals surface area contributed by atoms with Crippen LogP contribution in [0, 0.1) is 0 Å². The molecule has 0 radical (unpaired) electrons. The summed E-state index contributed by atoms with van der Waals surface area (Å²) in [7, 11) is -3.01. The Morgan fingerprint density at radius 3 is 2.09 bits per heavy atom. The average molecular weight is 507 g/mol. The van der Waals surface area contributed by atoms with E-state index >= 15 is 0 Å². The molecule has 5 amide bonds. The van der Waals surface area contributed by atoms with Crippen molar-refractivity contribution in [2.75, 3.05) is 51.7 Å². The highest BCUT2D eigenvalue weighted by Crippen LogP contribution is 2.35. The monoisotopic (exact) mass is 506 g/mol. The van der Waals surface area contributed by atoms with Crippen LogP contribution in [0.4, 0.5) is 0 Å². The molecule has 14 heteroatoms. The van der Waals surface area contributed by atoms with Gasteiger partial charge in [-0.25, -0.2) is 0 Å². The maximum absolute atomic E-state index is 13.1. The van der Waals surface area contributed by atoms with Gasteiger partial charge < -0.3 is 16.0 Å². The zero-order valence-electron chi connectivity index (χ0n) is 19.4. The second kappa shape index (κ2) is 15.0. The molecule has 1 aliphatic rings. The normalized spacial score (nSPS) is 17.5. The van der Waals surface area contributed by atoms with Crippen molar-refractivity contribution in [2.45, 2.75) is 38.4 Å². The summed E-state index contributed by atoms with van der Waals surface area (Å²) in [6.07, 6.45) is 2.70. The molecule has 5 N–H and O–H groups in total. The first-order valence-electron chi connectivity index (χ1n) is 10.8. The maximum atomic E-state index is 13.1. The highest BCUT2D eigenvalue weighted by molar-refractivity contribution is 8.00. The third-order valence-electron chi connectivity index (χ3n) is 4.75. The van der Waals surface area contributed by atoms with Crippen LogP contribution >= 0.6 is 19.2 Å². The van der Waals surface area contributed by atoms with Crippen molar-refractivity contribution in [3.05, 3.63) is 0 Å². The number of thioether (sulfide) groups is 1. The number of hydrogen-bond donors (Lipinski definition) is 5. The molecule has 0 aromatic rings. The number of carbonyl (C=O) groups excluding carboxylic acids is 5. The van der Waals surface area contributed by atoms with Crippen LogP contribution < -0.4 is 26.1 Å². The van der Waals surface area contributed by atoms with E-state index in [-0.39, 0.29) is 73.4 Å². The van der Waals surface area contributed by atoms with Crippen molar-refractivity contribution < 1.29 is 28.5 Å². The first-order valence-corrected chi connectivity index (χ1v) is 14.0. The highest BCUT2D eigenvalue weighted by Gasteiger charge is 2.37. The van der Waals surface area contributed by atoms with E-state index in [1.165, 1.54) is 25.6 Å². The fraction of sp³-hybridized carbons (Fsp3) is 0.737. The third-order valence-corrected chi connectivity index (χ3v) is 8.11. The molecule has 1 saturated heterocycles. The lowest BCUT2D eigenvalue weighted by Crippen LogP contribution is -2.38. The van der Waals surface area contributed by atoms with E-state index in [1.54, 1.807) is 6.26 Å². The molecule has 1 fully saturated rings. The van der Waals surface area contributed by atoms with Gasteiger partial charge in [0.1, 0.15) is 0 Å². The SMILES string of the molecule is CSC1CC(=O)N(CCC(=O)NCCNP(=O)(CCCNC(C)=O)NCCNC(C)=O)C1=O. The molecule has 2 unspecified atom stereocenters.